The molecule has 33 heavy (non-hydrogen) atoms. The van der Waals surface area contributed by atoms with E-state index in [1.165, 1.54) is 4.68 Å². The summed E-state index contributed by atoms with van der Waals surface area (Å²) in [4.78, 5) is 38.1. The number of fused-ring (bicyclic) bond motifs is 1. The van der Waals surface area contributed by atoms with Crippen molar-refractivity contribution in [2.75, 3.05) is 23.9 Å². The molecule has 172 valence electrons. The van der Waals surface area contributed by atoms with Gasteiger partial charge in [0, 0.05) is 33.2 Å². The lowest BCUT2D eigenvalue weighted by atomic mass is 10.2. The van der Waals surface area contributed by atoms with E-state index >= 15 is 0 Å². The third-order valence-electron chi connectivity index (χ3n) is 5.37. The van der Waals surface area contributed by atoms with E-state index in [1.807, 2.05) is 25.1 Å². The average Bonchev–Trinajstić information content (AvgIpc) is 3.42. The maximum atomic E-state index is 13.2. The Bertz CT molecular complexity index is 1230. The number of carbonyl (C=O) groups excluding carboxylic acids is 3. The Labute approximate surface area is 207 Å². The van der Waals surface area contributed by atoms with Gasteiger partial charge in [0.1, 0.15) is 5.69 Å². The second-order valence-electron chi connectivity index (χ2n) is 7.77. The Morgan fingerprint density at radius 1 is 1.06 bits per heavy atom. The van der Waals surface area contributed by atoms with Crippen LogP contribution >= 0.6 is 31.9 Å². The molecule has 8 nitrogen and oxygen atoms in total. The molecule has 10 heteroatoms. The van der Waals surface area contributed by atoms with Gasteiger partial charge in [0.2, 0.25) is 0 Å². The van der Waals surface area contributed by atoms with Gasteiger partial charge in [0.25, 0.3) is 5.91 Å². The summed E-state index contributed by atoms with van der Waals surface area (Å²) in [5.74, 6) is -2.09. The number of ether oxygens (including phenoxy) is 1. The second kappa shape index (κ2) is 10.1. The molecule has 3 N–H and O–H groups in total. The van der Waals surface area contributed by atoms with Crippen LogP contribution in [0.25, 0.3) is 10.9 Å². The molecule has 2 heterocycles. The number of rotatable bonds is 5. The quantitative estimate of drug-likeness (QED) is 0.398. The van der Waals surface area contributed by atoms with E-state index in [-0.39, 0.29) is 18.3 Å². The summed E-state index contributed by atoms with van der Waals surface area (Å²) in [7, 11) is 0. The predicted octanol–water partition coefficient (Wildman–Crippen LogP) is 4.09. The molecule has 0 radical (unpaired) electrons. The molecule has 3 amide bonds. The standard InChI is InChI=1S/C23H22Br2N4O4/c1-13-9-15(24)4-6-18(13)27-21(30)20-11-14-10-16(25)5-7-19(14)29(20)28-23(32)22(31)26-12-17-3-2-8-33-17/h4-7,9-11,17H,2-3,8,12H2,1H3,(H,26,31)(H,27,30)(H,28,32)/t17-/m1/s1. The van der Waals surface area contributed by atoms with Crippen LogP contribution in [0.4, 0.5) is 5.69 Å². The Kier molecular flexibility index (Phi) is 7.16. The van der Waals surface area contributed by atoms with E-state index < -0.39 is 17.7 Å². The summed E-state index contributed by atoms with van der Waals surface area (Å²) in [5.41, 5.74) is 4.84. The summed E-state index contributed by atoms with van der Waals surface area (Å²) >= 11 is 6.83. The van der Waals surface area contributed by atoms with Gasteiger partial charge in [-0.3, -0.25) is 19.8 Å². The second-order valence-corrected chi connectivity index (χ2v) is 9.60. The van der Waals surface area contributed by atoms with Crippen LogP contribution in [0.2, 0.25) is 0 Å². The maximum absolute atomic E-state index is 13.2. The first-order valence-corrected chi connectivity index (χ1v) is 12.0. The van der Waals surface area contributed by atoms with E-state index in [0.717, 1.165) is 32.7 Å². The Balaban J connectivity index is 1.58. The predicted molar refractivity (Wildman–Crippen MR) is 133 cm³/mol. The van der Waals surface area contributed by atoms with Crippen LogP contribution in [0.3, 0.4) is 0 Å². The average molecular weight is 578 g/mol. The minimum Gasteiger partial charge on any atom is -0.376 e. The number of aryl methyl sites for hydroxylation is 1. The molecule has 0 bridgehead atoms. The molecule has 3 aromatic rings. The van der Waals surface area contributed by atoms with Crippen molar-refractivity contribution in [1.29, 1.82) is 0 Å². The molecule has 0 unspecified atom stereocenters. The first kappa shape index (κ1) is 23.5. The lowest BCUT2D eigenvalue weighted by molar-refractivity contribution is -0.136. The molecular formula is C23H22Br2N4O4. The normalized spacial score (nSPS) is 15.4. The number of anilines is 1. The van der Waals surface area contributed by atoms with Crippen molar-refractivity contribution < 1.29 is 19.1 Å². The van der Waals surface area contributed by atoms with Crippen molar-refractivity contribution in [3.05, 3.63) is 62.7 Å². The van der Waals surface area contributed by atoms with Gasteiger partial charge in [-0.1, -0.05) is 31.9 Å². The number of nitrogens with zero attached hydrogens (tertiary/aromatic N) is 1. The van der Waals surface area contributed by atoms with E-state index in [2.05, 4.69) is 47.9 Å². The smallest absolute Gasteiger partial charge is 0.328 e. The number of carbonyl (C=O) groups is 3. The SMILES string of the molecule is Cc1cc(Br)ccc1NC(=O)c1cc2cc(Br)ccc2n1NC(=O)C(=O)NC[C@H]1CCCO1. The largest absolute Gasteiger partial charge is 0.376 e. The van der Waals surface area contributed by atoms with Crippen LogP contribution in [0.5, 0.6) is 0 Å². The van der Waals surface area contributed by atoms with Crippen LogP contribution in [-0.4, -0.2) is 41.7 Å². The van der Waals surface area contributed by atoms with Gasteiger partial charge in [0.15, 0.2) is 0 Å². The molecule has 4 rings (SSSR count). The molecule has 0 spiro atoms. The van der Waals surface area contributed by atoms with Gasteiger partial charge < -0.3 is 15.4 Å². The number of benzene rings is 2. The summed E-state index contributed by atoms with van der Waals surface area (Å²) < 4.78 is 8.53. The molecule has 0 aliphatic carbocycles. The number of hydrogen-bond donors (Lipinski definition) is 3. The highest BCUT2D eigenvalue weighted by atomic mass is 79.9. The lowest BCUT2D eigenvalue weighted by Gasteiger charge is -2.14. The third kappa shape index (κ3) is 5.45. The van der Waals surface area contributed by atoms with E-state index in [9.17, 15) is 14.4 Å². The maximum Gasteiger partial charge on any atom is 0.328 e. The first-order chi connectivity index (χ1) is 15.8. The van der Waals surface area contributed by atoms with Gasteiger partial charge in [-0.2, -0.15) is 0 Å². The van der Waals surface area contributed by atoms with Crippen molar-refractivity contribution in [2.24, 2.45) is 0 Å². The monoisotopic (exact) mass is 576 g/mol. The van der Waals surface area contributed by atoms with Crippen molar-refractivity contribution >= 4 is 66.2 Å². The Morgan fingerprint density at radius 3 is 2.55 bits per heavy atom. The van der Waals surface area contributed by atoms with Crippen LogP contribution < -0.4 is 16.1 Å². The number of aromatic nitrogens is 1. The van der Waals surface area contributed by atoms with Crippen LogP contribution in [0.15, 0.2) is 51.4 Å². The summed E-state index contributed by atoms with van der Waals surface area (Å²) in [5, 5.41) is 6.19. The number of amides is 3. The van der Waals surface area contributed by atoms with Crippen molar-refractivity contribution in [2.45, 2.75) is 25.9 Å². The highest BCUT2D eigenvalue weighted by Gasteiger charge is 2.23. The van der Waals surface area contributed by atoms with Crippen molar-refractivity contribution in [3.8, 4) is 0 Å². The number of hydrogen-bond acceptors (Lipinski definition) is 4. The van der Waals surface area contributed by atoms with Gasteiger partial charge in [0.05, 0.1) is 11.6 Å². The molecule has 1 aliphatic heterocycles. The molecular weight excluding hydrogens is 556 g/mol. The molecule has 0 saturated carbocycles. The molecule has 1 atom stereocenters. The van der Waals surface area contributed by atoms with Crippen LogP contribution in [0.1, 0.15) is 28.9 Å². The minimum absolute atomic E-state index is 0.0815. The van der Waals surface area contributed by atoms with Gasteiger partial charge >= 0.3 is 11.8 Å². The fourth-order valence-electron chi connectivity index (χ4n) is 3.67. The fourth-order valence-corrected chi connectivity index (χ4v) is 4.53. The molecule has 1 fully saturated rings. The van der Waals surface area contributed by atoms with Gasteiger partial charge in [-0.05, 0) is 67.8 Å². The minimum atomic E-state index is -0.873. The van der Waals surface area contributed by atoms with Crippen molar-refractivity contribution in [1.82, 2.24) is 9.99 Å². The highest BCUT2D eigenvalue weighted by Crippen LogP contribution is 2.25. The Hall–Kier alpha value is -2.69. The number of nitrogens with one attached hydrogen (secondary N) is 3. The molecule has 1 aromatic heterocycles. The zero-order valence-electron chi connectivity index (χ0n) is 17.8. The summed E-state index contributed by atoms with van der Waals surface area (Å²) in [6.07, 6.45) is 1.70. The van der Waals surface area contributed by atoms with Gasteiger partial charge in [-0.25, -0.2) is 4.68 Å². The molecule has 1 aliphatic rings. The van der Waals surface area contributed by atoms with E-state index in [4.69, 9.17) is 4.74 Å². The van der Waals surface area contributed by atoms with E-state index in [1.54, 1.807) is 24.3 Å². The topological polar surface area (TPSA) is 101 Å². The Morgan fingerprint density at radius 2 is 1.82 bits per heavy atom. The summed E-state index contributed by atoms with van der Waals surface area (Å²) in [6.45, 7) is 2.81. The van der Waals surface area contributed by atoms with E-state index in [0.29, 0.717) is 17.8 Å². The van der Waals surface area contributed by atoms with Gasteiger partial charge in [-0.15, -0.1) is 0 Å². The van der Waals surface area contributed by atoms with Crippen LogP contribution in [-0.2, 0) is 14.3 Å². The molecule has 1 saturated heterocycles. The zero-order chi connectivity index (χ0) is 23.5. The van der Waals surface area contributed by atoms with Crippen molar-refractivity contribution in [3.63, 3.8) is 0 Å². The first-order valence-electron chi connectivity index (χ1n) is 10.4. The lowest BCUT2D eigenvalue weighted by Crippen LogP contribution is -2.42. The highest BCUT2D eigenvalue weighted by molar-refractivity contribution is 9.10. The zero-order valence-corrected chi connectivity index (χ0v) is 21.0. The summed E-state index contributed by atoms with van der Waals surface area (Å²) in [6, 6.07) is 12.6. The third-order valence-corrected chi connectivity index (χ3v) is 6.35. The fraction of sp³-hybridized carbons (Fsp3) is 0.261. The number of halogens is 2. The molecule has 2 aromatic carbocycles. The van der Waals surface area contributed by atoms with Crippen LogP contribution in [0, 0.1) is 6.92 Å².